The van der Waals surface area contributed by atoms with Gasteiger partial charge in [-0.25, -0.2) is 14.1 Å². The van der Waals surface area contributed by atoms with Gasteiger partial charge in [0.15, 0.2) is 0 Å². The summed E-state index contributed by atoms with van der Waals surface area (Å²) in [5.74, 6) is -4.47. The van der Waals surface area contributed by atoms with Gasteiger partial charge in [0, 0.05) is 26.0 Å². The summed E-state index contributed by atoms with van der Waals surface area (Å²) in [4.78, 5) is 47.0. The van der Waals surface area contributed by atoms with Gasteiger partial charge in [-0.1, -0.05) is 12.1 Å². The summed E-state index contributed by atoms with van der Waals surface area (Å²) in [5.41, 5.74) is 0.900. The van der Waals surface area contributed by atoms with Crippen molar-refractivity contribution in [1.82, 2.24) is 15.2 Å². The minimum Gasteiger partial charge on any atom is -0.711 e. The molecule has 30 heavy (non-hydrogen) atoms. The Hall–Kier alpha value is -3.80. The Bertz CT molecular complexity index is 1020. The van der Waals surface area contributed by atoms with Gasteiger partial charge in [-0.2, -0.15) is 0 Å². The second kappa shape index (κ2) is 7.91. The number of nitrogens with zero attached hydrogens (tertiary/aromatic N) is 3. The zero-order valence-corrected chi connectivity index (χ0v) is 16.1. The number of nitrogens with one attached hydrogen (secondary N) is 2. The van der Waals surface area contributed by atoms with Crippen molar-refractivity contribution in [3.05, 3.63) is 62.4 Å². The number of aliphatic hydroxyl groups is 1. The van der Waals surface area contributed by atoms with Gasteiger partial charge in [-0.15, -0.1) is 0 Å². The first-order valence-corrected chi connectivity index (χ1v) is 8.97. The van der Waals surface area contributed by atoms with Crippen LogP contribution in [0.1, 0.15) is 28.7 Å². The van der Waals surface area contributed by atoms with Gasteiger partial charge in [-0.3, -0.25) is 30.3 Å². The van der Waals surface area contributed by atoms with E-state index in [0.717, 1.165) is 0 Å². The van der Waals surface area contributed by atoms with E-state index >= 15 is 0 Å². The Balaban J connectivity index is 2.25. The van der Waals surface area contributed by atoms with Crippen molar-refractivity contribution in [2.45, 2.75) is 26.3 Å². The zero-order valence-electron chi connectivity index (χ0n) is 16.1. The third kappa shape index (κ3) is 3.48. The largest absolute Gasteiger partial charge is 0.711 e. The van der Waals surface area contributed by atoms with Crippen molar-refractivity contribution >= 4 is 23.5 Å². The Kier molecular flexibility index (Phi) is 5.52. The van der Waals surface area contributed by atoms with E-state index in [1.54, 1.807) is 13.8 Å². The second-order valence-corrected chi connectivity index (χ2v) is 6.81. The quantitative estimate of drug-likeness (QED) is 0.191. The molecule has 1 aliphatic rings. The molecule has 0 saturated carbocycles. The van der Waals surface area contributed by atoms with Gasteiger partial charge in [0.05, 0.1) is 11.5 Å². The van der Waals surface area contributed by atoms with Gasteiger partial charge < -0.3 is 10.3 Å². The number of barbiturate groups is 1. The molecule has 158 valence electrons. The molecule has 2 aromatic rings. The molecule has 0 unspecified atom stereocenters. The highest BCUT2D eigenvalue weighted by Crippen LogP contribution is 2.34. The minimum absolute atomic E-state index is 0.00227. The Morgan fingerprint density at radius 3 is 2.23 bits per heavy atom. The second-order valence-electron chi connectivity index (χ2n) is 6.81. The molecule has 1 saturated heterocycles. The molecule has 12 nitrogen and oxygen atoms in total. The van der Waals surface area contributed by atoms with E-state index in [-0.39, 0.29) is 30.2 Å². The van der Waals surface area contributed by atoms with Crippen LogP contribution in [0.15, 0.2) is 24.3 Å². The van der Waals surface area contributed by atoms with E-state index < -0.39 is 34.6 Å². The smallest absolute Gasteiger partial charge is 0.328 e. The Labute approximate surface area is 169 Å². The zero-order chi connectivity index (χ0) is 22.2. The highest BCUT2D eigenvalue weighted by molar-refractivity contribution is 6.16. The number of hydrogen-bond acceptors (Lipinski definition) is 7. The molecule has 2 heterocycles. The average molecular weight is 417 g/mol. The number of aromatic nitrogens is 2. The first kappa shape index (κ1) is 20.9. The van der Waals surface area contributed by atoms with E-state index in [4.69, 9.17) is 0 Å². The lowest BCUT2D eigenvalue weighted by Crippen LogP contribution is -2.58. The number of rotatable bonds is 6. The number of imide groups is 2. The van der Waals surface area contributed by atoms with Crippen LogP contribution < -0.4 is 15.4 Å². The normalized spacial score (nSPS) is 15.6. The summed E-state index contributed by atoms with van der Waals surface area (Å²) < 4.78 is 2.06. The molecule has 3 rings (SSSR count). The monoisotopic (exact) mass is 417 g/mol. The van der Waals surface area contributed by atoms with Crippen molar-refractivity contribution in [3.63, 3.8) is 0 Å². The summed E-state index contributed by atoms with van der Waals surface area (Å²) in [5, 5.41) is 37.4. The topological polar surface area (TPSA) is 171 Å². The van der Waals surface area contributed by atoms with Crippen LogP contribution in [0.2, 0.25) is 0 Å². The molecular weight excluding hydrogens is 398 g/mol. The van der Waals surface area contributed by atoms with E-state index in [1.165, 1.54) is 28.8 Å². The Morgan fingerprint density at radius 1 is 1.17 bits per heavy atom. The number of carbonyl (C=O) groups excluding carboxylic acids is 3. The van der Waals surface area contributed by atoms with Crippen LogP contribution >= 0.6 is 0 Å². The molecule has 0 aliphatic carbocycles. The van der Waals surface area contributed by atoms with E-state index in [9.17, 15) is 34.8 Å². The number of benzene rings is 1. The fourth-order valence-corrected chi connectivity index (χ4v) is 3.60. The molecule has 1 aromatic heterocycles. The first-order chi connectivity index (χ1) is 14.2. The highest BCUT2D eigenvalue weighted by Gasteiger charge is 2.47. The van der Waals surface area contributed by atoms with Crippen molar-refractivity contribution in [3.8, 4) is 0 Å². The maximum Gasteiger partial charge on any atom is 0.328 e. The summed E-state index contributed by atoms with van der Waals surface area (Å²) in [6.45, 7) is 2.92. The lowest BCUT2D eigenvalue weighted by molar-refractivity contribution is -0.621. The molecule has 1 aromatic carbocycles. The first-order valence-electron chi connectivity index (χ1n) is 8.97. The summed E-state index contributed by atoms with van der Waals surface area (Å²) >= 11 is 0. The van der Waals surface area contributed by atoms with Crippen molar-refractivity contribution in [1.29, 1.82) is 0 Å². The SMILES string of the molecule is Cc1c(C)[n+]([O-])c([C@@H](c2ccc([N+](=O)[O-])cc2)C2C(=O)NC(=O)NC2=O)n1CCO. The lowest BCUT2D eigenvalue weighted by Gasteiger charge is -2.27. The van der Waals surface area contributed by atoms with Crippen LogP contribution in [0.3, 0.4) is 0 Å². The summed E-state index contributed by atoms with van der Waals surface area (Å²) in [7, 11) is 0. The number of aliphatic hydroxyl groups excluding tert-OH is 1. The molecule has 1 aliphatic heterocycles. The molecule has 0 spiro atoms. The van der Waals surface area contributed by atoms with Crippen molar-refractivity contribution in [2.24, 2.45) is 5.92 Å². The van der Waals surface area contributed by atoms with Crippen molar-refractivity contribution in [2.75, 3.05) is 6.61 Å². The summed E-state index contributed by atoms with van der Waals surface area (Å²) in [6, 6.07) is 4.11. The summed E-state index contributed by atoms with van der Waals surface area (Å²) in [6.07, 6.45) is 0. The third-order valence-corrected chi connectivity index (χ3v) is 5.15. The third-order valence-electron chi connectivity index (χ3n) is 5.15. The van der Waals surface area contributed by atoms with E-state index in [2.05, 4.69) is 0 Å². The van der Waals surface area contributed by atoms with Gasteiger partial charge >= 0.3 is 6.03 Å². The van der Waals surface area contributed by atoms with Crippen LogP contribution in [0, 0.1) is 35.1 Å². The number of amides is 4. The number of nitro benzene ring substituents is 1. The van der Waals surface area contributed by atoms with E-state index in [1.807, 2.05) is 10.6 Å². The predicted octanol–water partition coefficient (Wildman–Crippen LogP) is -0.247. The van der Waals surface area contributed by atoms with Gasteiger partial charge in [0.1, 0.15) is 29.8 Å². The van der Waals surface area contributed by atoms with E-state index in [0.29, 0.717) is 16.1 Å². The number of nitro groups is 1. The maximum absolute atomic E-state index is 13.0. The fraction of sp³-hybridized carbons (Fsp3) is 0.333. The Morgan fingerprint density at radius 2 is 1.73 bits per heavy atom. The average Bonchev–Trinajstić information content (AvgIpc) is 2.89. The molecule has 0 bridgehead atoms. The molecule has 3 N–H and O–H groups in total. The van der Waals surface area contributed by atoms with Gasteiger partial charge in [0.2, 0.25) is 11.8 Å². The number of imidazole rings is 1. The molecule has 1 atom stereocenters. The molecule has 1 fully saturated rings. The van der Waals surface area contributed by atoms with Crippen LogP contribution in [0.4, 0.5) is 10.5 Å². The predicted molar refractivity (Wildman–Crippen MR) is 100 cm³/mol. The number of carbonyl (C=O) groups is 3. The molecule has 0 radical (unpaired) electrons. The van der Waals surface area contributed by atoms with Crippen molar-refractivity contribution < 1.29 is 29.1 Å². The van der Waals surface area contributed by atoms with Gasteiger partial charge in [-0.05, 0) is 5.56 Å². The fourth-order valence-electron chi connectivity index (χ4n) is 3.60. The van der Waals surface area contributed by atoms with Crippen LogP contribution in [-0.4, -0.2) is 39.0 Å². The molecular formula is C18H19N5O7. The van der Waals surface area contributed by atoms with Crippen LogP contribution in [0.5, 0.6) is 0 Å². The lowest BCUT2D eigenvalue weighted by atomic mass is 9.83. The maximum atomic E-state index is 13.0. The van der Waals surface area contributed by atoms with Crippen LogP contribution in [0.25, 0.3) is 0 Å². The highest BCUT2D eigenvalue weighted by atomic mass is 16.6. The van der Waals surface area contributed by atoms with Crippen LogP contribution in [-0.2, 0) is 16.1 Å². The molecule has 4 amide bonds. The standard InChI is InChI=1S/C18H19N5O7/c1-9-10(2)22(28)17(21(9)7-8-24)13(11-3-5-12(6-4-11)23(29)30)14-15(25)19-18(27)20-16(14)26/h3-6,13-14,24H,7-8H2,1-2H3,(H2,19,20,25,26,27)/t13-/m0/s1. The minimum atomic E-state index is -1.49. The van der Waals surface area contributed by atoms with Gasteiger partial charge in [0.25, 0.3) is 11.5 Å². The molecule has 12 heteroatoms. The number of non-ortho nitro benzene ring substituents is 1. The number of hydrogen-bond donors (Lipinski definition) is 3. The number of urea groups is 1.